The van der Waals surface area contributed by atoms with Gasteiger partial charge in [0, 0.05) is 25.7 Å². The summed E-state index contributed by atoms with van der Waals surface area (Å²) in [5.41, 5.74) is 5.73. The van der Waals surface area contributed by atoms with Crippen molar-refractivity contribution in [3.8, 4) is 0 Å². The summed E-state index contributed by atoms with van der Waals surface area (Å²) in [6.07, 6.45) is 1.41. The maximum atomic E-state index is 11.6. The number of likely N-dealkylation sites (tertiary alicyclic amines) is 1. The van der Waals surface area contributed by atoms with Crippen LogP contribution >= 0.6 is 0 Å². The topological polar surface area (TPSA) is 55.6 Å². The van der Waals surface area contributed by atoms with Crippen LogP contribution in [0.4, 0.5) is 0 Å². The molecule has 0 aromatic carbocycles. The van der Waals surface area contributed by atoms with E-state index in [9.17, 15) is 4.79 Å². The van der Waals surface area contributed by atoms with Crippen LogP contribution in [0.15, 0.2) is 0 Å². The molecule has 1 heterocycles. The van der Waals surface area contributed by atoms with Crippen LogP contribution in [0.1, 0.15) is 26.7 Å². The minimum Gasteiger partial charge on any atom is -0.381 e. The van der Waals surface area contributed by atoms with Crippen molar-refractivity contribution in [2.45, 2.75) is 32.7 Å². The highest BCUT2D eigenvalue weighted by Crippen LogP contribution is 2.08. The molecule has 0 radical (unpaired) electrons. The molecular formula is C11H22N2O2. The van der Waals surface area contributed by atoms with Crippen molar-refractivity contribution in [2.75, 3.05) is 26.3 Å². The van der Waals surface area contributed by atoms with Crippen LogP contribution in [-0.4, -0.2) is 43.2 Å². The summed E-state index contributed by atoms with van der Waals surface area (Å²) in [6, 6.07) is 0.172. The summed E-state index contributed by atoms with van der Waals surface area (Å²) in [6.45, 7) is 6.98. The Morgan fingerprint density at radius 1 is 1.60 bits per heavy atom. The van der Waals surface area contributed by atoms with Gasteiger partial charge in [-0.05, 0) is 12.3 Å². The van der Waals surface area contributed by atoms with Gasteiger partial charge in [-0.2, -0.15) is 0 Å². The lowest BCUT2D eigenvalue weighted by atomic mass is 10.2. The average Bonchev–Trinajstić information content (AvgIpc) is 2.59. The lowest BCUT2D eigenvalue weighted by Gasteiger charge is -2.15. The van der Waals surface area contributed by atoms with Crippen molar-refractivity contribution < 1.29 is 9.53 Å². The third-order valence-corrected chi connectivity index (χ3v) is 2.49. The van der Waals surface area contributed by atoms with Crippen LogP contribution in [0.25, 0.3) is 0 Å². The maximum absolute atomic E-state index is 11.6. The molecule has 0 saturated carbocycles. The molecule has 2 N–H and O–H groups in total. The van der Waals surface area contributed by atoms with Gasteiger partial charge in [-0.15, -0.1) is 0 Å². The third kappa shape index (κ3) is 4.62. The van der Waals surface area contributed by atoms with Gasteiger partial charge in [0.1, 0.15) is 0 Å². The molecule has 15 heavy (non-hydrogen) atoms. The van der Waals surface area contributed by atoms with Gasteiger partial charge < -0.3 is 15.4 Å². The number of nitrogens with zero attached hydrogens (tertiary/aromatic N) is 1. The Labute approximate surface area is 91.8 Å². The number of ether oxygens (including phenoxy) is 1. The van der Waals surface area contributed by atoms with E-state index in [1.807, 2.05) is 4.90 Å². The zero-order valence-electron chi connectivity index (χ0n) is 9.74. The molecule has 0 bridgehead atoms. The van der Waals surface area contributed by atoms with Crippen LogP contribution in [0, 0.1) is 5.92 Å². The van der Waals surface area contributed by atoms with Crippen molar-refractivity contribution >= 4 is 5.91 Å². The summed E-state index contributed by atoms with van der Waals surface area (Å²) < 4.78 is 5.37. The van der Waals surface area contributed by atoms with Gasteiger partial charge in [-0.1, -0.05) is 13.8 Å². The van der Waals surface area contributed by atoms with Crippen LogP contribution in [0.5, 0.6) is 0 Å². The lowest BCUT2D eigenvalue weighted by molar-refractivity contribution is -0.131. The molecule has 1 aliphatic rings. The predicted molar refractivity (Wildman–Crippen MR) is 59.4 cm³/mol. The third-order valence-electron chi connectivity index (χ3n) is 2.49. The molecule has 0 spiro atoms. The van der Waals surface area contributed by atoms with E-state index >= 15 is 0 Å². The van der Waals surface area contributed by atoms with E-state index in [2.05, 4.69) is 13.8 Å². The van der Waals surface area contributed by atoms with Crippen LogP contribution in [-0.2, 0) is 9.53 Å². The Bertz CT molecular complexity index is 207. The monoisotopic (exact) mass is 214 g/mol. The van der Waals surface area contributed by atoms with Crippen molar-refractivity contribution in [3.63, 3.8) is 0 Å². The zero-order chi connectivity index (χ0) is 11.3. The summed E-state index contributed by atoms with van der Waals surface area (Å²) in [5.74, 6) is 0.701. The highest BCUT2D eigenvalue weighted by molar-refractivity contribution is 5.76. The summed E-state index contributed by atoms with van der Waals surface area (Å²) in [5, 5.41) is 0. The number of hydrogen-bond donors (Lipinski definition) is 1. The highest BCUT2D eigenvalue weighted by atomic mass is 16.5. The second-order valence-corrected chi connectivity index (χ2v) is 4.61. The van der Waals surface area contributed by atoms with E-state index < -0.39 is 0 Å². The van der Waals surface area contributed by atoms with Gasteiger partial charge >= 0.3 is 0 Å². The molecule has 1 fully saturated rings. The maximum Gasteiger partial charge on any atom is 0.224 e. The molecule has 0 unspecified atom stereocenters. The molecule has 1 amide bonds. The van der Waals surface area contributed by atoms with Crippen LogP contribution < -0.4 is 5.73 Å². The summed E-state index contributed by atoms with van der Waals surface area (Å²) in [4.78, 5) is 13.5. The van der Waals surface area contributed by atoms with E-state index in [1.54, 1.807) is 0 Å². The number of carbonyl (C=O) groups excluding carboxylic acids is 1. The lowest BCUT2D eigenvalue weighted by Crippen LogP contribution is -2.32. The standard InChI is InChI=1S/C11H22N2O2/c1-9(2)8-15-6-4-11(14)13-5-3-10(12)7-13/h9-10H,3-8,12H2,1-2H3/t10-/m0/s1. The molecule has 4 heteroatoms. The number of hydrogen-bond acceptors (Lipinski definition) is 3. The number of rotatable bonds is 5. The predicted octanol–water partition coefficient (Wildman–Crippen LogP) is 0.609. The highest BCUT2D eigenvalue weighted by Gasteiger charge is 2.22. The minimum atomic E-state index is 0.172. The fourth-order valence-electron chi connectivity index (χ4n) is 1.65. The first kappa shape index (κ1) is 12.5. The number of nitrogens with two attached hydrogens (primary N) is 1. The van der Waals surface area contributed by atoms with Gasteiger partial charge in [-0.25, -0.2) is 0 Å². The Kier molecular flexibility index (Phi) is 5.05. The van der Waals surface area contributed by atoms with Gasteiger partial charge in [-0.3, -0.25) is 4.79 Å². The Hall–Kier alpha value is -0.610. The smallest absolute Gasteiger partial charge is 0.224 e. The summed E-state index contributed by atoms with van der Waals surface area (Å²) in [7, 11) is 0. The van der Waals surface area contributed by atoms with Crippen molar-refractivity contribution in [1.82, 2.24) is 4.90 Å². The van der Waals surface area contributed by atoms with Crippen molar-refractivity contribution in [1.29, 1.82) is 0 Å². The van der Waals surface area contributed by atoms with Gasteiger partial charge in [0.05, 0.1) is 13.0 Å². The largest absolute Gasteiger partial charge is 0.381 e. The molecule has 0 aliphatic carbocycles. The number of carbonyl (C=O) groups is 1. The molecule has 0 aromatic rings. The van der Waals surface area contributed by atoms with Crippen LogP contribution in [0.2, 0.25) is 0 Å². The van der Waals surface area contributed by atoms with Gasteiger partial charge in [0.15, 0.2) is 0 Å². The first-order chi connectivity index (χ1) is 7.09. The molecule has 1 atom stereocenters. The molecule has 0 aromatic heterocycles. The van der Waals surface area contributed by atoms with E-state index in [0.717, 1.165) is 19.6 Å². The Morgan fingerprint density at radius 2 is 2.33 bits per heavy atom. The Morgan fingerprint density at radius 3 is 2.87 bits per heavy atom. The minimum absolute atomic E-state index is 0.172. The summed E-state index contributed by atoms with van der Waals surface area (Å²) >= 11 is 0. The van der Waals surface area contributed by atoms with E-state index in [4.69, 9.17) is 10.5 Å². The van der Waals surface area contributed by atoms with E-state index in [0.29, 0.717) is 25.5 Å². The normalized spacial score (nSPS) is 21.3. The van der Waals surface area contributed by atoms with Crippen LogP contribution in [0.3, 0.4) is 0 Å². The SMILES string of the molecule is CC(C)COCCC(=O)N1CC[C@H](N)C1. The fourth-order valence-corrected chi connectivity index (χ4v) is 1.65. The van der Waals surface area contributed by atoms with E-state index in [-0.39, 0.29) is 11.9 Å². The molecule has 1 aliphatic heterocycles. The first-order valence-electron chi connectivity index (χ1n) is 5.70. The molecule has 1 saturated heterocycles. The average molecular weight is 214 g/mol. The van der Waals surface area contributed by atoms with Gasteiger partial charge in [0.2, 0.25) is 5.91 Å². The zero-order valence-corrected chi connectivity index (χ0v) is 9.74. The second kappa shape index (κ2) is 6.08. The van der Waals surface area contributed by atoms with Gasteiger partial charge in [0.25, 0.3) is 0 Å². The quantitative estimate of drug-likeness (QED) is 0.682. The molecule has 4 nitrogen and oxygen atoms in total. The number of amides is 1. The van der Waals surface area contributed by atoms with Crippen molar-refractivity contribution in [2.24, 2.45) is 11.7 Å². The second-order valence-electron chi connectivity index (χ2n) is 4.61. The molecular weight excluding hydrogens is 192 g/mol. The molecule has 1 rings (SSSR count). The fraction of sp³-hybridized carbons (Fsp3) is 0.909. The van der Waals surface area contributed by atoms with E-state index in [1.165, 1.54) is 0 Å². The first-order valence-corrected chi connectivity index (χ1v) is 5.70. The van der Waals surface area contributed by atoms with Crippen molar-refractivity contribution in [3.05, 3.63) is 0 Å². The molecule has 88 valence electrons. The Balaban J connectivity index is 2.08.